The summed E-state index contributed by atoms with van der Waals surface area (Å²) in [6, 6.07) is -2.35. The van der Waals surface area contributed by atoms with E-state index in [9.17, 15) is 18.0 Å². The first-order valence-corrected chi connectivity index (χ1v) is 13.8. The number of halogens is 3. The number of carbonyl (C=O) groups excluding carboxylic acids is 1. The molecule has 1 spiro atoms. The molecule has 11 nitrogen and oxygen atoms in total. The fourth-order valence-electron chi connectivity index (χ4n) is 6.55. The molecule has 2 aromatic rings. The minimum absolute atomic E-state index is 0.0717. The molecule has 0 aromatic carbocycles. The van der Waals surface area contributed by atoms with Gasteiger partial charge in [0.1, 0.15) is 17.7 Å². The van der Waals surface area contributed by atoms with Gasteiger partial charge >= 0.3 is 6.18 Å². The lowest BCUT2D eigenvalue weighted by Gasteiger charge is -2.27. The van der Waals surface area contributed by atoms with Gasteiger partial charge in [-0.2, -0.15) is 13.2 Å². The number of hydrogen-bond acceptors (Lipinski definition) is 9. The first-order chi connectivity index (χ1) is 19.2. The molecule has 3 aliphatic heterocycles. The lowest BCUT2D eigenvalue weighted by atomic mass is 9.80. The number of amidine groups is 1. The minimum Gasteiger partial charge on any atom is -0.457 e. The fourth-order valence-corrected chi connectivity index (χ4v) is 6.55. The zero-order valence-electron chi connectivity index (χ0n) is 22.1. The van der Waals surface area contributed by atoms with Crippen LogP contribution in [0.1, 0.15) is 69.2 Å². The second kappa shape index (κ2) is 10.0. The van der Waals surface area contributed by atoms with E-state index in [1.54, 1.807) is 12.4 Å². The van der Waals surface area contributed by atoms with Crippen LogP contribution in [0.15, 0.2) is 12.4 Å². The van der Waals surface area contributed by atoms with Gasteiger partial charge in [0.2, 0.25) is 11.9 Å². The van der Waals surface area contributed by atoms with Crippen LogP contribution in [0.3, 0.4) is 0 Å². The Morgan fingerprint density at radius 1 is 1.05 bits per heavy atom. The number of nitrogen functional groups attached to an aromatic ring is 1. The highest BCUT2D eigenvalue weighted by Crippen LogP contribution is 2.54. The number of aromatic nitrogens is 4. The Hall–Kier alpha value is -3.71. The quantitative estimate of drug-likeness (QED) is 0.423. The summed E-state index contributed by atoms with van der Waals surface area (Å²) < 4.78 is 45.5. The Bertz CT molecular complexity index is 1290. The van der Waals surface area contributed by atoms with Crippen molar-refractivity contribution in [2.45, 2.75) is 82.0 Å². The third-order valence-corrected chi connectivity index (χ3v) is 8.48. The number of anilines is 4. The van der Waals surface area contributed by atoms with Gasteiger partial charge in [-0.3, -0.25) is 15.1 Å². The summed E-state index contributed by atoms with van der Waals surface area (Å²) in [7, 11) is 0. The Balaban J connectivity index is 1.28. The molecule has 40 heavy (non-hydrogen) atoms. The highest BCUT2D eigenvalue weighted by atomic mass is 19.4. The lowest BCUT2D eigenvalue weighted by Crippen LogP contribution is -2.45. The molecule has 6 rings (SSSR count). The molecule has 0 bridgehead atoms. The molecule has 1 atom stereocenters. The summed E-state index contributed by atoms with van der Waals surface area (Å²) >= 11 is 0. The molecular weight excluding hydrogens is 527 g/mol. The molecule has 214 valence electrons. The van der Waals surface area contributed by atoms with Crippen molar-refractivity contribution in [2.75, 3.05) is 35.2 Å². The van der Waals surface area contributed by atoms with E-state index in [1.807, 2.05) is 0 Å². The van der Waals surface area contributed by atoms with Crippen LogP contribution < -0.4 is 15.5 Å². The molecule has 2 saturated heterocycles. The third-order valence-electron chi connectivity index (χ3n) is 8.48. The highest BCUT2D eigenvalue weighted by molar-refractivity contribution is 6.13. The average molecular weight is 560 g/mol. The van der Waals surface area contributed by atoms with Crippen molar-refractivity contribution in [3.05, 3.63) is 23.8 Å². The van der Waals surface area contributed by atoms with Crippen molar-refractivity contribution in [1.82, 2.24) is 24.8 Å². The molecule has 14 heteroatoms. The van der Waals surface area contributed by atoms with Crippen molar-refractivity contribution in [1.29, 1.82) is 5.41 Å². The summed E-state index contributed by atoms with van der Waals surface area (Å²) in [5, 5.41) is 8.13. The Labute approximate surface area is 229 Å². The van der Waals surface area contributed by atoms with E-state index in [0.717, 1.165) is 43.7 Å². The lowest BCUT2D eigenvalue weighted by molar-refractivity contribution is -0.169. The van der Waals surface area contributed by atoms with Crippen molar-refractivity contribution < 1.29 is 22.7 Å². The second-order valence-electron chi connectivity index (χ2n) is 10.9. The van der Waals surface area contributed by atoms with Crippen LogP contribution in [0.4, 0.5) is 36.4 Å². The third kappa shape index (κ3) is 4.46. The molecule has 5 heterocycles. The number of nitrogens with two attached hydrogens (primary N) is 1. The summed E-state index contributed by atoms with van der Waals surface area (Å²) in [6.45, 7) is 1.49. The van der Waals surface area contributed by atoms with Gasteiger partial charge < -0.3 is 20.3 Å². The number of fused-ring (bicyclic) bond motifs is 2. The van der Waals surface area contributed by atoms with Crippen molar-refractivity contribution in [2.24, 2.45) is 0 Å². The van der Waals surface area contributed by atoms with Crippen LogP contribution in [0.25, 0.3) is 0 Å². The van der Waals surface area contributed by atoms with Crippen LogP contribution in [0.5, 0.6) is 0 Å². The number of rotatable bonds is 4. The highest BCUT2D eigenvalue weighted by Gasteiger charge is 2.55. The summed E-state index contributed by atoms with van der Waals surface area (Å²) in [5.41, 5.74) is 6.60. The SMILES string of the molecule is N=C(OCc1nc(N)c2c(n1)N(c1cnc(N3CCCCC3)nc1)C(=O)C21CCCC1)N1CCC[C@@H]1C(F)(F)F. The number of nitrogens with one attached hydrogen (secondary N) is 1. The predicted molar refractivity (Wildman–Crippen MR) is 140 cm³/mol. The molecule has 0 radical (unpaired) electrons. The standard InChI is InChI=1S/C26H32F3N9O2/c27-26(28,29)17-7-6-12-37(17)23(31)40-15-18-34-20(30)19-21(35-18)38(22(39)25(19)8-2-3-9-25)16-13-32-24(33-14-16)36-10-4-1-5-11-36/h13-14,17,31H,1-12,15H2,(H2,30,34,35)/t17-/m1/s1. The van der Waals surface area contributed by atoms with Gasteiger partial charge in [-0.15, -0.1) is 0 Å². The van der Waals surface area contributed by atoms with Crippen LogP contribution in [0.2, 0.25) is 0 Å². The molecule has 1 saturated carbocycles. The Morgan fingerprint density at radius 2 is 1.75 bits per heavy atom. The van der Waals surface area contributed by atoms with Gasteiger partial charge in [0.05, 0.1) is 29.1 Å². The summed E-state index contributed by atoms with van der Waals surface area (Å²) in [5.74, 6) is 0.967. The van der Waals surface area contributed by atoms with E-state index in [2.05, 4.69) is 24.8 Å². The van der Waals surface area contributed by atoms with Gasteiger partial charge in [0.25, 0.3) is 6.02 Å². The van der Waals surface area contributed by atoms with E-state index in [4.69, 9.17) is 15.9 Å². The van der Waals surface area contributed by atoms with Crippen LogP contribution >= 0.6 is 0 Å². The first-order valence-electron chi connectivity index (χ1n) is 13.8. The van der Waals surface area contributed by atoms with Gasteiger partial charge in [-0.25, -0.2) is 19.9 Å². The molecule has 2 aromatic heterocycles. The van der Waals surface area contributed by atoms with Crippen LogP contribution in [-0.4, -0.2) is 68.6 Å². The van der Waals surface area contributed by atoms with E-state index in [1.165, 1.54) is 11.3 Å². The maximum Gasteiger partial charge on any atom is 0.408 e. The van der Waals surface area contributed by atoms with Gasteiger partial charge in [0, 0.05) is 19.6 Å². The maximum absolute atomic E-state index is 14.0. The maximum atomic E-state index is 14.0. The smallest absolute Gasteiger partial charge is 0.408 e. The fraction of sp³-hybridized carbons (Fsp3) is 0.615. The van der Waals surface area contributed by atoms with Crippen LogP contribution in [0, 0.1) is 5.41 Å². The number of amides is 1. The van der Waals surface area contributed by atoms with E-state index in [-0.39, 0.29) is 37.1 Å². The van der Waals surface area contributed by atoms with Gasteiger partial charge in [-0.05, 0) is 44.9 Å². The molecule has 1 amide bonds. The topological polar surface area (TPSA) is 137 Å². The first kappa shape index (κ1) is 26.5. The second-order valence-corrected chi connectivity index (χ2v) is 10.9. The van der Waals surface area contributed by atoms with Crippen molar-refractivity contribution >= 4 is 35.2 Å². The van der Waals surface area contributed by atoms with Crippen LogP contribution in [-0.2, 0) is 21.6 Å². The van der Waals surface area contributed by atoms with Gasteiger partial charge in [-0.1, -0.05) is 12.8 Å². The molecular formula is C26H32F3N9O2. The van der Waals surface area contributed by atoms with E-state index < -0.39 is 23.7 Å². The average Bonchev–Trinajstić information content (AvgIpc) is 3.68. The molecule has 3 fully saturated rings. The summed E-state index contributed by atoms with van der Waals surface area (Å²) in [6.07, 6.45) is 5.30. The number of carbonyl (C=O) groups is 1. The molecule has 4 aliphatic rings. The largest absolute Gasteiger partial charge is 0.457 e. The molecule has 3 N–H and O–H groups in total. The number of likely N-dealkylation sites (tertiary alicyclic amines) is 1. The predicted octanol–water partition coefficient (Wildman–Crippen LogP) is 3.81. The summed E-state index contributed by atoms with van der Waals surface area (Å²) in [4.78, 5) is 36.5. The van der Waals surface area contributed by atoms with Crippen molar-refractivity contribution in [3.63, 3.8) is 0 Å². The number of nitrogens with zero attached hydrogens (tertiary/aromatic N) is 7. The minimum atomic E-state index is -4.46. The van der Waals surface area contributed by atoms with E-state index >= 15 is 0 Å². The van der Waals surface area contributed by atoms with Crippen molar-refractivity contribution in [3.8, 4) is 0 Å². The zero-order chi connectivity index (χ0) is 28.1. The number of ether oxygens (including phenoxy) is 1. The molecule has 0 unspecified atom stereocenters. The van der Waals surface area contributed by atoms with E-state index in [0.29, 0.717) is 42.3 Å². The normalized spacial score (nSPS) is 22.3. The zero-order valence-corrected chi connectivity index (χ0v) is 22.1. The monoisotopic (exact) mass is 559 g/mol. The number of hydrogen-bond donors (Lipinski definition) is 2. The molecule has 1 aliphatic carbocycles. The number of alkyl halides is 3. The number of piperidine rings is 1. The van der Waals surface area contributed by atoms with Gasteiger partial charge in [0.15, 0.2) is 12.4 Å². The Kier molecular flexibility index (Phi) is 6.65. The Morgan fingerprint density at radius 3 is 2.42 bits per heavy atom.